The van der Waals surface area contributed by atoms with Gasteiger partial charge in [0.1, 0.15) is 18.3 Å². The van der Waals surface area contributed by atoms with Crippen molar-refractivity contribution in [2.24, 2.45) is 0 Å². The second kappa shape index (κ2) is 18.2. The molecule has 1 saturated heterocycles. The van der Waals surface area contributed by atoms with Crippen molar-refractivity contribution in [1.29, 1.82) is 0 Å². The molecule has 1 fully saturated rings. The van der Waals surface area contributed by atoms with Crippen LogP contribution in [0.3, 0.4) is 0 Å². The molecule has 1 amide bonds. The van der Waals surface area contributed by atoms with E-state index in [1.165, 1.54) is 0 Å². The van der Waals surface area contributed by atoms with Crippen molar-refractivity contribution in [3.8, 4) is 0 Å². The summed E-state index contributed by atoms with van der Waals surface area (Å²) in [6.45, 7) is 8.80. The third kappa shape index (κ3) is 9.30. The molecule has 4 aromatic rings. The van der Waals surface area contributed by atoms with Crippen molar-refractivity contribution in [3.05, 3.63) is 144 Å². The predicted octanol–water partition coefficient (Wildman–Crippen LogP) is 8.34. The Hall–Kier alpha value is -3.59. The molecule has 4 aromatic carbocycles. The maximum atomic E-state index is 14.6. The smallest absolute Gasteiger partial charge is 0.223 e. The highest BCUT2D eigenvalue weighted by atomic mass is 28.3. The molecular weight excluding hydrogens is 615 g/mol. The minimum absolute atomic E-state index is 0.0436. The Labute approximate surface area is 287 Å². The number of hydrogen-bond donors (Lipinski definition) is 1. The minimum atomic E-state index is -2.21. The first kappa shape index (κ1) is 35.7. The van der Waals surface area contributed by atoms with Crippen LogP contribution in [0.1, 0.15) is 43.0 Å². The summed E-state index contributed by atoms with van der Waals surface area (Å²) in [7, 11) is -2.21. The quantitative estimate of drug-likeness (QED) is 0.108. The van der Waals surface area contributed by atoms with Gasteiger partial charge in [-0.3, -0.25) is 4.79 Å². The fraction of sp³-hybridized carbons (Fsp3) is 0.390. The Kier molecular flexibility index (Phi) is 13.6. The maximum absolute atomic E-state index is 14.6. The van der Waals surface area contributed by atoms with E-state index in [9.17, 15) is 4.79 Å². The molecule has 6 nitrogen and oxygen atoms in total. The third-order valence-electron chi connectivity index (χ3n) is 10.0. The summed E-state index contributed by atoms with van der Waals surface area (Å²) in [6, 6.07) is 43.5. The number of carbonyl (C=O) groups excluding carboxylic acids is 1. The van der Waals surface area contributed by atoms with Gasteiger partial charge in [0, 0.05) is 6.54 Å². The van der Waals surface area contributed by atoms with E-state index in [4.69, 9.17) is 18.9 Å². The van der Waals surface area contributed by atoms with Crippen LogP contribution in [0.25, 0.3) is 0 Å². The molecule has 1 heterocycles. The Morgan fingerprint density at radius 3 is 1.56 bits per heavy atom. The topological polar surface area (TPSA) is 66.0 Å². The summed E-state index contributed by atoms with van der Waals surface area (Å²) in [5.41, 5.74) is 3.98. The summed E-state index contributed by atoms with van der Waals surface area (Å²) >= 11 is 0. The first-order valence-corrected chi connectivity index (χ1v) is 20.2. The molecule has 5 rings (SSSR count). The number of benzene rings is 4. The van der Waals surface area contributed by atoms with Crippen molar-refractivity contribution in [2.45, 2.75) is 95.2 Å². The monoisotopic (exact) mass is 665 g/mol. The summed E-state index contributed by atoms with van der Waals surface area (Å²) < 4.78 is 27.0. The van der Waals surface area contributed by atoms with Crippen molar-refractivity contribution in [1.82, 2.24) is 5.32 Å². The third-order valence-corrected chi connectivity index (χ3v) is 16.1. The van der Waals surface area contributed by atoms with Crippen LogP contribution < -0.4 is 5.32 Å². The van der Waals surface area contributed by atoms with Crippen LogP contribution >= 0.6 is 0 Å². The van der Waals surface area contributed by atoms with Crippen LogP contribution in [0, 0.1) is 0 Å². The summed E-state index contributed by atoms with van der Waals surface area (Å²) in [5.74, 6) is 0.0436. The molecule has 1 aliphatic rings. The van der Waals surface area contributed by atoms with Gasteiger partial charge in [0.15, 0.2) is 0 Å². The first-order chi connectivity index (χ1) is 23.6. The van der Waals surface area contributed by atoms with Crippen LogP contribution in [0.2, 0.25) is 23.7 Å². The van der Waals surface area contributed by atoms with E-state index >= 15 is 0 Å². The summed E-state index contributed by atoms with van der Waals surface area (Å²) in [6.07, 6.45) is -1.80. The van der Waals surface area contributed by atoms with Gasteiger partial charge in [-0.05, 0) is 22.3 Å². The summed E-state index contributed by atoms with van der Waals surface area (Å²) in [4.78, 5) is 14.6. The fourth-order valence-electron chi connectivity index (χ4n) is 7.03. The van der Waals surface area contributed by atoms with E-state index < -0.39 is 32.5 Å². The molecular formula is C41H51NO5Si. The Balaban J connectivity index is 1.48. The highest BCUT2D eigenvalue weighted by molar-refractivity contribution is 6.84. The molecule has 0 aliphatic carbocycles. The number of rotatable bonds is 18. The molecule has 48 heavy (non-hydrogen) atoms. The Morgan fingerprint density at radius 1 is 0.646 bits per heavy atom. The lowest BCUT2D eigenvalue weighted by Gasteiger charge is -2.41. The van der Waals surface area contributed by atoms with Crippen LogP contribution in [0.15, 0.2) is 121 Å². The van der Waals surface area contributed by atoms with E-state index in [0.717, 1.165) is 40.4 Å². The lowest BCUT2D eigenvalue weighted by molar-refractivity contribution is -0.127. The van der Waals surface area contributed by atoms with Crippen LogP contribution in [0.4, 0.5) is 0 Å². The second-order valence-electron chi connectivity index (χ2n) is 12.8. The highest BCUT2D eigenvalue weighted by Gasteiger charge is 2.56. The molecule has 7 heteroatoms. The Bertz CT molecular complexity index is 1480. The van der Waals surface area contributed by atoms with E-state index in [-0.39, 0.29) is 11.4 Å². The molecule has 1 aliphatic heterocycles. The molecule has 1 unspecified atom stereocenters. The number of amides is 1. The number of carbonyl (C=O) groups is 1. The van der Waals surface area contributed by atoms with E-state index in [2.05, 4.69) is 62.5 Å². The number of nitrogens with one attached hydrogen (secondary N) is 1. The summed E-state index contributed by atoms with van der Waals surface area (Å²) in [5, 5.41) is 3.32. The van der Waals surface area contributed by atoms with E-state index in [1.54, 1.807) is 0 Å². The minimum Gasteiger partial charge on any atom is -0.374 e. The van der Waals surface area contributed by atoms with Gasteiger partial charge < -0.3 is 24.3 Å². The maximum Gasteiger partial charge on any atom is 0.223 e. The highest BCUT2D eigenvalue weighted by Crippen LogP contribution is 2.44. The average molecular weight is 666 g/mol. The van der Waals surface area contributed by atoms with Crippen LogP contribution in [0.5, 0.6) is 0 Å². The van der Waals surface area contributed by atoms with Gasteiger partial charge in [-0.15, -0.1) is 0 Å². The lowest BCUT2D eigenvalue weighted by atomic mass is 10.0. The van der Waals surface area contributed by atoms with Crippen molar-refractivity contribution >= 4 is 14.0 Å². The van der Waals surface area contributed by atoms with Crippen molar-refractivity contribution in [2.75, 3.05) is 6.61 Å². The zero-order valence-electron chi connectivity index (χ0n) is 28.6. The SMILES string of the molecule is CC[Si](CC)(CC)C(C(=O)NCc1ccccc1)[C@@H]1O[C@H](COCc2ccccc2)[C@@H](OCc2ccccc2)[C@H]1OCc1ccccc1. The molecule has 0 saturated carbocycles. The van der Waals surface area contributed by atoms with Gasteiger partial charge in [0.25, 0.3) is 0 Å². The van der Waals surface area contributed by atoms with Gasteiger partial charge >= 0.3 is 0 Å². The molecule has 5 atom stereocenters. The standard InChI is InChI=1S/C41H51NO5Si/c1-4-48(5-2,6-3)40(41(43)42-27-32-19-11-7-12-20-32)39-38(46-30-35-25-17-10-18-26-35)37(45-29-34-23-15-9-16-24-34)36(47-39)31-44-28-33-21-13-8-14-22-33/h7-26,36-40H,4-6,27-31H2,1-3H3,(H,42,43)/t36-,37-,38-,39-,40?/m1/s1. The van der Waals surface area contributed by atoms with Crippen molar-refractivity contribution in [3.63, 3.8) is 0 Å². The molecule has 0 radical (unpaired) electrons. The average Bonchev–Trinajstić information content (AvgIpc) is 3.48. The molecule has 0 aromatic heterocycles. The predicted molar refractivity (Wildman–Crippen MR) is 194 cm³/mol. The molecule has 0 spiro atoms. The van der Waals surface area contributed by atoms with Gasteiger partial charge in [0.05, 0.1) is 46.1 Å². The van der Waals surface area contributed by atoms with Gasteiger partial charge in [0.2, 0.25) is 5.91 Å². The van der Waals surface area contributed by atoms with Crippen LogP contribution in [-0.2, 0) is 50.1 Å². The molecule has 0 bridgehead atoms. The molecule has 1 N–H and O–H groups in total. The van der Waals surface area contributed by atoms with E-state index in [0.29, 0.717) is 33.0 Å². The fourth-order valence-corrected chi connectivity index (χ4v) is 11.5. The van der Waals surface area contributed by atoms with Crippen molar-refractivity contribution < 1.29 is 23.7 Å². The Morgan fingerprint density at radius 2 is 1.08 bits per heavy atom. The lowest BCUT2D eigenvalue weighted by Crippen LogP contribution is -2.54. The second-order valence-corrected chi connectivity index (χ2v) is 18.2. The first-order valence-electron chi connectivity index (χ1n) is 17.5. The van der Waals surface area contributed by atoms with Crippen LogP contribution in [-0.4, -0.2) is 45.0 Å². The van der Waals surface area contributed by atoms with Gasteiger partial charge in [-0.2, -0.15) is 0 Å². The number of hydrogen-bond acceptors (Lipinski definition) is 5. The largest absolute Gasteiger partial charge is 0.374 e. The normalized spacial score (nSPS) is 20.0. The molecule has 254 valence electrons. The van der Waals surface area contributed by atoms with Gasteiger partial charge in [-0.1, -0.05) is 160 Å². The number of ether oxygens (including phenoxy) is 4. The zero-order valence-corrected chi connectivity index (χ0v) is 29.6. The van der Waals surface area contributed by atoms with E-state index in [1.807, 2.05) is 84.9 Å². The van der Waals surface area contributed by atoms with Gasteiger partial charge in [-0.25, -0.2) is 0 Å². The zero-order chi connectivity index (χ0) is 33.6.